The van der Waals surface area contributed by atoms with Gasteiger partial charge < -0.3 is 5.32 Å². The molecule has 0 saturated carbocycles. The largest absolute Gasteiger partial charge is 0.354 e. The SMILES string of the molecule is CCCNc1ncc(F)c(Sc2cc(C)ccc2C)n1. The molecule has 0 aliphatic carbocycles. The molecule has 0 spiro atoms. The molecule has 0 aliphatic heterocycles. The first-order chi connectivity index (χ1) is 9.60. The normalized spacial score (nSPS) is 10.6. The van der Waals surface area contributed by atoms with Gasteiger partial charge in [0.05, 0.1) is 6.20 Å². The Morgan fingerprint density at radius 1 is 1.30 bits per heavy atom. The highest BCUT2D eigenvalue weighted by Gasteiger charge is 2.10. The average molecular weight is 291 g/mol. The van der Waals surface area contributed by atoms with Gasteiger partial charge in [-0.2, -0.15) is 0 Å². The van der Waals surface area contributed by atoms with Gasteiger partial charge in [0.15, 0.2) is 5.82 Å². The summed E-state index contributed by atoms with van der Waals surface area (Å²) in [7, 11) is 0. The summed E-state index contributed by atoms with van der Waals surface area (Å²) in [5.41, 5.74) is 2.26. The molecule has 1 heterocycles. The number of halogens is 1. The molecule has 1 N–H and O–H groups in total. The van der Waals surface area contributed by atoms with Gasteiger partial charge in [0.1, 0.15) is 5.03 Å². The van der Waals surface area contributed by atoms with Crippen LogP contribution in [0.5, 0.6) is 0 Å². The fraction of sp³-hybridized carbons (Fsp3) is 0.333. The van der Waals surface area contributed by atoms with Gasteiger partial charge in [0, 0.05) is 11.4 Å². The fourth-order valence-electron chi connectivity index (χ4n) is 1.67. The van der Waals surface area contributed by atoms with Crippen molar-refractivity contribution >= 4 is 17.7 Å². The number of anilines is 1. The minimum absolute atomic E-state index is 0.354. The van der Waals surface area contributed by atoms with Crippen LogP contribution in [-0.2, 0) is 0 Å². The zero-order chi connectivity index (χ0) is 14.5. The maximum atomic E-state index is 13.8. The van der Waals surface area contributed by atoms with E-state index in [2.05, 4.69) is 22.2 Å². The lowest BCUT2D eigenvalue weighted by atomic mass is 10.2. The second-order valence-electron chi connectivity index (χ2n) is 4.64. The molecule has 0 fully saturated rings. The Balaban J connectivity index is 2.25. The van der Waals surface area contributed by atoms with Crippen LogP contribution in [0.4, 0.5) is 10.3 Å². The smallest absolute Gasteiger partial charge is 0.223 e. The Hall–Kier alpha value is -1.62. The number of nitrogens with one attached hydrogen (secondary N) is 1. The number of hydrogen-bond donors (Lipinski definition) is 1. The molecule has 0 aliphatic rings. The van der Waals surface area contributed by atoms with Crippen LogP contribution in [0, 0.1) is 19.7 Å². The third-order valence-corrected chi connectivity index (χ3v) is 3.93. The third kappa shape index (κ3) is 3.70. The molecular formula is C15H18FN3S. The Bertz CT molecular complexity index is 602. The molecule has 0 radical (unpaired) electrons. The second-order valence-corrected chi connectivity index (χ2v) is 5.68. The summed E-state index contributed by atoms with van der Waals surface area (Å²) < 4.78 is 13.8. The van der Waals surface area contributed by atoms with Gasteiger partial charge in [-0.05, 0) is 37.5 Å². The van der Waals surface area contributed by atoms with Gasteiger partial charge in [-0.3, -0.25) is 0 Å². The van der Waals surface area contributed by atoms with Crippen LogP contribution in [0.15, 0.2) is 34.3 Å². The number of aromatic nitrogens is 2. The lowest BCUT2D eigenvalue weighted by Crippen LogP contribution is -2.05. The van der Waals surface area contributed by atoms with E-state index in [-0.39, 0.29) is 0 Å². The minimum Gasteiger partial charge on any atom is -0.354 e. The van der Waals surface area contributed by atoms with Gasteiger partial charge in [0.2, 0.25) is 5.95 Å². The van der Waals surface area contributed by atoms with Crippen molar-refractivity contribution in [3.05, 3.63) is 41.3 Å². The van der Waals surface area contributed by atoms with Gasteiger partial charge in [-0.1, -0.05) is 30.8 Å². The molecule has 0 saturated heterocycles. The molecule has 106 valence electrons. The number of hydrogen-bond acceptors (Lipinski definition) is 4. The number of nitrogens with zero attached hydrogens (tertiary/aromatic N) is 2. The van der Waals surface area contributed by atoms with E-state index in [1.807, 2.05) is 32.0 Å². The van der Waals surface area contributed by atoms with Gasteiger partial charge in [-0.15, -0.1) is 0 Å². The molecule has 0 amide bonds. The van der Waals surface area contributed by atoms with Crippen molar-refractivity contribution in [1.29, 1.82) is 0 Å². The molecule has 0 atom stereocenters. The predicted molar refractivity (Wildman–Crippen MR) is 80.8 cm³/mol. The topological polar surface area (TPSA) is 37.8 Å². The first kappa shape index (κ1) is 14.8. The van der Waals surface area contributed by atoms with E-state index in [1.165, 1.54) is 18.0 Å². The van der Waals surface area contributed by atoms with Crippen molar-refractivity contribution in [2.75, 3.05) is 11.9 Å². The highest BCUT2D eigenvalue weighted by Crippen LogP contribution is 2.31. The minimum atomic E-state index is -0.391. The van der Waals surface area contributed by atoms with Crippen molar-refractivity contribution in [3.8, 4) is 0 Å². The van der Waals surface area contributed by atoms with Crippen molar-refractivity contribution in [1.82, 2.24) is 9.97 Å². The first-order valence-electron chi connectivity index (χ1n) is 6.61. The zero-order valence-electron chi connectivity index (χ0n) is 11.9. The Morgan fingerprint density at radius 3 is 2.85 bits per heavy atom. The van der Waals surface area contributed by atoms with E-state index in [1.54, 1.807) is 0 Å². The molecule has 20 heavy (non-hydrogen) atoms. The lowest BCUT2D eigenvalue weighted by Gasteiger charge is -2.08. The summed E-state index contributed by atoms with van der Waals surface area (Å²) in [6.07, 6.45) is 2.19. The van der Waals surface area contributed by atoms with Crippen molar-refractivity contribution in [2.45, 2.75) is 37.1 Å². The van der Waals surface area contributed by atoms with Crippen molar-refractivity contribution < 1.29 is 4.39 Å². The van der Waals surface area contributed by atoms with Crippen LogP contribution in [0.2, 0.25) is 0 Å². The second kappa shape index (κ2) is 6.70. The summed E-state index contributed by atoms with van der Waals surface area (Å²) in [4.78, 5) is 9.21. The summed E-state index contributed by atoms with van der Waals surface area (Å²) in [6, 6.07) is 6.12. The third-order valence-electron chi connectivity index (χ3n) is 2.80. The maximum absolute atomic E-state index is 13.8. The molecule has 2 rings (SSSR count). The number of rotatable bonds is 5. The average Bonchev–Trinajstić information content (AvgIpc) is 2.43. The molecule has 2 aromatic rings. The van der Waals surface area contributed by atoms with Crippen LogP contribution in [0.3, 0.4) is 0 Å². The van der Waals surface area contributed by atoms with E-state index < -0.39 is 5.82 Å². The highest BCUT2D eigenvalue weighted by atomic mass is 32.2. The first-order valence-corrected chi connectivity index (χ1v) is 7.43. The van der Waals surface area contributed by atoms with E-state index in [0.717, 1.165) is 29.0 Å². The monoisotopic (exact) mass is 291 g/mol. The van der Waals surface area contributed by atoms with Crippen LogP contribution in [0.25, 0.3) is 0 Å². The lowest BCUT2D eigenvalue weighted by molar-refractivity contribution is 0.579. The van der Waals surface area contributed by atoms with Gasteiger partial charge in [0.25, 0.3) is 0 Å². The number of aryl methyl sites for hydroxylation is 2. The van der Waals surface area contributed by atoms with Crippen LogP contribution < -0.4 is 5.32 Å². The molecule has 0 unspecified atom stereocenters. The van der Waals surface area contributed by atoms with Gasteiger partial charge >= 0.3 is 0 Å². The summed E-state index contributed by atoms with van der Waals surface area (Å²) in [6.45, 7) is 6.87. The standard InChI is InChI=1S/C15H18FN3S/c1-4-7-17-15-18-9-12(16)14(19-15)20-13-8-10(2)5-6-11(13)3/h5-6,8-9H,4,7H2,1-3H3,(H,17,18,19). The Kier molecular flexibility index (Phi) is 4.95. The molecule has 5 heteroatoms. The van der Waals surface area contributed by atoms with E-state index in [9.17, 15) is 4.39 Å². The molecular weight excluding hydrogens is 273 g/mol. The van der Waals surface area contributed by atoms with Gasteiger partial charge in [-0.25, -0.2) is 14.4 Å². The summed E-state index contributed by atoms with van der Waals surface area (Å²) in [5.74, 6) is 0.0824. The van der Waals surface area contributed by atoms with E-state index in [4.69, 9.17) is 0 Å². The highest BCUT2D eigenvalue weighted by molar-refractivity contribution is 7.99. The molecule has 1 aromatic heterocycles. The van der Waals surface area contributed by atoms with Crippen LogP contribution in [-0.4, -0.2) is 16.5 Å². The Labute approximate surface area is 123 Å². The number of benzene rings is 1. The summed E-state index contributed by atoms with van der Waals surface area (Å²) in [5, 5.41) is 3.43. The molecule has 3 nitrogen and oxygen atoms in total. The maximum Gasteiger partial charge on any atom is 0.223 e. The quantitative estimate of drug-likeness (QED) is 0.838. The zero-order valence-corrected chi connectivity index (χ0v) is 12.7. The Morgan fingerprint density at radius 2 is 2.10 bits per heavy atom. The van der Waals surface area contributed by atoms with Crippen LogP contribution >= 0.6 is 11.8 Å². The predicted octanol–water partition coefficient (Wildman–Crippen LogP) is 4.21. The summed E-state index contributed by atoms with van der Waals surface area (Å²) >= 11 is 1.34. The molecule has 0 bridgehead atoms. The van der Waals surface area contributed by atoms with Crippen LogP contribution in [0.1, 0.15) is 24.5 Å². The molecule has 1 aromatic carbocycles. The van der Waals surface area contributed by atoms with Crippen molar-refractivity contribution in [2.24, 2.45) is 0 Å². The fourth-order valence-corrected chi connectivity index (χ4v) is 2.63. The van der Waals surface area contributed by atoms with E-state index in [0.29, 0.717) is 11.0 Å². The van der Waals surface area contributed by atoms with E-state index >= 15 is 0 Å². The van der Waals surface area contributed by atoms with Crippen molar-refractivity contribution in [3.63, 3.8) is 0 Å².